The van der Waals surface area contributed by atoms with E-state index in [2.05, 4.69) is 22.7 Å². The number of rotatable bonds is 8. The molecule has 1 aliphatic heterocycles. The van der Waals surface area contributed by atoms with Gasteiger partial charge in [-0.3, -0.25) is 9.59 Å². The van der Waals surface area contributed by atoms with Crippen molar-refractivity contribution < 1.29 is 9.59 Å². The van der Waals surface area contributed by atoms with Crippen molar-refractivity contribution in [2.24, 2.45) is 0 Å². The Morgan fingerprint density at radius 2 is 2.05 bits per heavy atom. The summed E-state index contributed by atoms with van der Waals surface area (Å²) in [5.74, 6) is 2.32. The van der Waals surface area contributed by atoms with Crippen molar-refractivity contribution in [1.29, 1.82) is 0 Å². The van der Waals surface area contributed by atoms with Crippen LogP contribution in [0.3, 0.4) is 0 Å². The Hall–Kier alpha value is -1.50. The van der Waals surface area contributed by atoms with E-state index in [4.69, 9.17) is 0 Å². The molecule has 0 aliphatic carbocycles. The molecule has 0 atom stereocenters. The molecule has 0 aromatic carbocycles. The van der Waals surface area contributed by atoms with E-state index in [0.29, 0.717) is 18.8 Å². The van der Waals surface area contributed by atoms with Gasteiger partial charge in [0.05, 0.1) is 5.69 Å². The molecule has 6 nitrogen and oxygen atoms in total. The van der Waals surface area contributed by atoms with Crippen molar-refractivity contribution in [3.8, 4) is 0 Å². The van der Waals surface area contributed by atoms with Crippen molar-refractivity contribution in [2.75, 3.05) is 11.9 Å². The Bertz CT molecular complexity index is 542. The van der Waals surface area contributed by atoms with Crippen LogP contribution in [0.5, 0.6) is 0 Å². The van der Waals surface area contributed by atoms with Crippen molar-refractivity contribution >= 4 is 29.4 Å². The summed E-state index contributed by atoms with van der Waals surface area (Å²) < 4.78 is 1.64. The fourth-order valence-corrected chi connectivity index (χ4v) is 3.34. The fraction of sp³-hybridized carbons (Fsp3) is 0.667. The van der Waals surface area contributed by atoms with Gasteiger partial charge in [0.1, 0.15) is 12.4 Å². The monoisotopic (exact) mass is 324 g/mol. The molecule has 122 valence electrons. The summed E-state index contributed by atoms with van der Waals surface area (Å²) in [5.41, 5.74) is 2.05. The van der Waals surface area contributed by atoms with E-state index >= 15 is 0 Å². The number of anilines is 1. The van der Waals surface area contributed by atoms with Gasteiger partial charge in [-0.15, -0.1) is 0 Å². The molecule has 22 heavy (non-hydrogen) atoms. The Morgan fingerprint density at radius 3 is 2.77 bits per heavy atom. The molecule has 2 amide bonds. The van der Waals surface area contributed by atoms with Gasteiger partial charge in [-0.2, -0.15) is 16.9 Å². The minimum absolute atomic E-state index is 0.00309. The van der Waals surface area contributed by atoms with E-state index in [-0.39, 0.29) is 18.4 Å². The lowest BCUT2D eigenvalue weighted by Gasteiger charge is -2.11. The molecule has 1 aliphatic rings. The van der Waals surface area contributed by atoms with Crippen LogP contribution in [0.4, 0.5) is 5.82 Å². The summed E-state index contributed by atoms with van der Waals surface area (Å²) >= 11 is 1.78. The number of nitrogens with zero attached hydrogens (tertiary/aromatic N) is 2. The van der Waals surface area contributed by atoms with E-state index in [0.717, 1.165) is 42.0 Å². The first-order valence-corrected chi connectivity index (χ1v) is 9.04. The molecule has 0 radical (unpaired) electrons. The Morgan fingerprint density at radius 1 is 1.23 bits per heavy atom. The second kappa shape index (κ2) is 8.22. The highest BCUT2D eigenvalue weighted by Crippen LogP contribution is 2.34. The highest BCUT2D eigenvalue weighted by molar-refractivity contribution is 7.98. The van der Waals surface area contributed by atoms with Crippen LogP contribution >= 0.6 is 11.8 Å². The maximum Gasteiger partial charge on any atom is 0.241 e. The second-order valence-corrected chi connectivity index (χ2v) is 6.41. The first-order valence-electron chi connectivity index (χ1n) is 7.88. The molecule has 0 saturated heterocycles. The van der Waals surface area contributed by atoms with Gasteiger partial charge in [0, 0.05) is 30.0 Å². The van der Waals surface area contributed by atoms with E-state index in [9.17, 15) is 9.59 Å². The number of hydrogen-bond donors (Lipinski definition) is 2. The van der Waals surface area contributed by atoms with Gasteiger partial charge in [0.15, 0.2) is 0 Å². The highest BCUT2D eigenvalue weighted by Gasteiger charge is 2.24. The normalized spacial score (nSPS) is 13.0. The molecule has 1 aromatic heterocycles. The summed E-state index contributed by atoms with van der Waals surface area (Å²) in [6.45, 7) is 4.89. The average molecular weight is 324 g/mol. The first-order chi connectivity index (χ1) is 10.7. The highest BCUT2D eigenvalue weighted by atomic mass is 32.2. The lowest BCUT2D eigenvalue weighted by molar-refractivity contribution is -0.122. The number of amides is 2. The van der Waals surface area contributed by atoms with Crippen LogP contribution in [-0.2, 0) is 27.6 Å². The molecule has 0 bridgehead atoms. The molecule has 1 aromatic rings. The molecular weight excluding hydrogens is 300 g/mol. The van der Waals surface area contributed by atoms with E-state index < -0.39 is 0 Å². The third-order valence-corrected chi connectivity index (χ3v) is 4.47. The third kappa shape index (κ3) is 4.25. The standard InChI is InChI=1S/C15H24N4O2S/c1-3-5-6-13(20)17-15-11-9-22-10-12(11)18-19(15)8-14(21)16-7-4-2/h3-10H2,1-2H3,(H,16,21)(H,17,20). The predicted molar refractivity (Wildman–Crippen MR) is 88.7 cm³/mol. The third-order valence-electron chi connectivity index (χ3n) is 3.50. The number of nitrogens with one attached hydrogen (secondary N) is 2. The number of carbonyl (C=O) groups is 2. The van der Waals surface area contributed by atoms with Gasteiger partial charge >= 0.3 is 0 Å². The van der Waals surface area contributed by atoms with Crippen LogP contribution < -0.4 is 10.6 Å². The zero-order valence-corrected chi connectivity index (χ0v) is 14.1. The number of carbonyl (C=O) groups excluding carboxylic acids is 2. The molecule has 0 spiro atoms. The quantitative estimate of drug-likeness (QED) is 0.769. The number of thioether (sulfide) groups is 1. The predicted octanol–water partition coefficient (Wildman–Crippen LogP) is 2.28. The number of unbranched alkanes of at least 4 members (excludes halogenated alkanes) is 1. The summed E-state index contributed by atoms with van der Waals surface area (Å²) in [4.78, 5) is 23.9. The lowest BCUT2D eigenvalue weighted by Crippen LogP contribution is -2.29. The summed E-state index contributed by atoms with van der Waals surface area (Å²) in [6.07, 6.45) is 3.26. The molecule has 2 N–H and O–H groups in total. The Balaban J connectivity index is 2.09. The average Bonchev–Trinajstić information content (AvgIpc) is 3.06. The summed E-state index contributed by atoms with van der Waals surface area (Å²) in [6, 6.07) is 0. The lowest BCUT2D eigenvalue weighted by atomic mass is 10.2. The topological polar surface area (TPSA) is 76.0 Å². The molecule has 2 rings (SSSR count). The zero-order chi connectivity index (χ0) is 15.9. The van der Waals surface area contributed by atoms with Gasteiger partial charge < -0.3 is 10.6 Å². The summed E-state index contributed by atoms with van der Waals surface area (Å²) in [7, 11) is 0. The van der Waals surface area contributed by atoms with Gasteiger partial charge in [-0.05, 0) is 12.8 Å². The van der Waals surface area contributed by atoms with Gasteiger partial charge in [-0.1, -0.05) is 20.3 Å². The fourth-order valence-electron chi connectivity index (χ4n) is 2.31. The van der Waals surface area contributed by atoms with Crippen LogP contribution in [0.1, 0.15) is 50.8 Å². The van der Waals surface area contributed by atoms with Crippen LogP contribution in [0.2, 0.25) is 0 Å². The first kappa shape index (κ1) is 16.9. The maximum atomic E-state index is 12.0. The Kier molecular flexibility index (Phi) is 6.30. The second-order valence-electron chi connectivity index (χ2n) is 5.43. The van der Waals surface area contributed by atoms with Crippen molar-refractivity contribution in [1.82, 2.24) is 15.1 Å². The molecule has 0 saturated carbocycles. The molecule has 2 heterocycles. The van der Waals surface area contributed by atoms with Crippen molar-refractivity contribution in [2.45, 2.75) is 57.6 Å². The van der Waals surface area contributed by atoms with Crippen LogP contribution in [0, 0.1) is 0 Å². The van der Waals surface area contributed by atoms with E-state index in [1.54, 1.807) is 16.4 Å². The minimum atomic E-state index is -0.0697. The van der Waals surface area contributed by atoms with E-state index in [1.807, 2.05) is 6.92 Å². The SMILES string of the molecule is CCCCC(=O)Nc1c2c(nn1CC(=O)NCCC)CSC2. The molecule has 0 unspecified atom stereocenters. The molecular formula is C15H24N4O2S. The van der Waals surface area contributed by atoms with Crippen molar-refractivity contribution in [3.63, 3.8) is 0 Å². The largest absolute Gasteiger partial charge is 0.355 e. The van der Waals surface area contributed by atoms with Crippen LogP contribution in [0.25, 0.3) is 0 Å². The summed E-state index contributed by atoms with van der Waals surface area (Å²) in [5, 5.41) is 10.3. The number of fused-ring (bicyclic) bond motifs is 1. The number of aromatic nitrogens is 2. The van der Waals surface area contributed by atoms with Gasteiger partial charge in [0.2, 0.25) is 11.8 Å². The van der Waals surface area contributed by atoms with Crippen LogP contribution in [-0.4, -0.2) is 28.1 Å². The zero-order valence-electron chi connectivity index (χ0n) is 13.3. The smallest absolute Gasteiger partial charge is 0.241 e. The number of hydrogen-bond acceptors (Lipinski definition) is 4. The molecule has 7 heteroatoms. The van der Waals surface area contributed by atoms with Crippen LogP contribution in [0.15, 0.2) is 0 Å². The maximum absolute atomic E-state index is 12.0. The van der Waals surface area contributed by atoms with Gasteiger partial charge in [0.25, 0.3) is 0 Å². The van der Waals surface area contributed by atoms with Crippen molar-refractivity contribution in [3.05, 3.63) is 11.3 Å². The van der Waals surface area contributed by atoms with E-state index in [1.165, 1.54) is 0 Å². The minimum Gasteiger partial charge on any atom is -0.355 e. The van der Waals surface area contributed by atoms with Gasteiger partial charge in [-0.25, -0.2) is 4.68 Å². The Labute approximate surface area is 135 Å². The molecule has 0 fully saturated rings.